The number of amides is 2. The molecule has 33 heavy (non-hydrogen) atoms. The summed E-state index contributed by atoms with van der Waals surface area (Å²) in [7, 11) is 2.12. The lowest BCUT2D eigenvalue weighted by atomic mass is 9.99. The summed E-state index contributed by atoms with van der Waals surface area (Å²) in [4.78, 5) is 32.3. The molecule has 6 heteroatoms. The molecule has 3 fully saturated rings. The van der Waals surface area contributed by atoms with Crippen molar-refractivity contribution in [3.63, 3.8) is 0 Å². The van der Waals surface area contributed by atoms with Crippen molar-refractivity contribution in [1.29, 1.82) is 0 Å². The lowest BCUT2D eigenvalue weighted by Crippen LogP contribution is -2.49. The van der Waals surface area contributed by atoms with Crippen LogP contribution in [0.3, 0.4) is 0 Å². The second-order valence-electron chi connectivity index (χ2n) is 10.2. The zero-order chi connectivity index (χ0) is 23.1. The smallest absolute Gasteiger partial charge is 0.254 e. The summed E-state index contributed by atoms with van der Waals surface area (Å²) in [6.45, 7) is 6.64. The molecule has 4 unspecified atom stereocenters. The van der Waals surface area contributed by atoms with Gasteiger partial charge >= 0.3 is 0 Å². The fourth-order valence-electron chi connectivity index (χ4n) is 5.56. The van der Waals surface area contributed by atoms with E-state index in [-0.39, 0.29) is 29.7 Å². The van der Waals surface area contributed by atoms with Crippen LogP contribution in [-0.4, -0.2) is 61.4 Å². The van der Waals surface area contributed by atoms with E-state index < -0.39 is 0 Å². The van der Waals surface area contributed by atoms with E-state index in [4.69, 9.17) is 5.73 Å². The summed E-state index contributed by atoms with van der Waals surface area (Å²) in [6.07, 6.45) is 1.96. The molecule has 0 spiro atoms. The number of nitrogens with zero attached hydrogens (tertiary/aromatic N) is 3. The minimum Gasteiger partial charge on any atom is -0.371 e. The van der Waals surface area contributed by atoms with Gasteiger partial charge in [-0.1, -0.05) is 43.3 Å². The first kappa shape index (κ1) is 22.0. The van der Waals surface area contributed by atoms with Gasteiger partial charge < -0.3 is 20.4 Å². The van der Waals surface area contributed by atoms with Gasteiger partial charge in [0, 0.05) is 49.9 Å². The Hall–Kier alpha value is -2.86. The highest BCUT2D eigenvalue weighted by molar-refractivity contribution is 5.96. The van der Waals surface area contributed by atoms with Gasteiger partial charge in [0.25, 0.3) is 5.91 Å². The monoisotopic (exact) mass is 446 g/mol. The summed E-state index contributed by atoms with van der Waals surface area (Å²) in [5, 5.41) is 0. The molecule has 2 aromatic carbocycles. The van der Waals surface area contributed by atoms with Crippen LogP contribution in [0, 0.1) is 11.8 Å². The van der Waals surface area contributed by atoms with E-state index in [0.717, 1.165) is 50.3 Å². The van der Waals surface area contributed by atoms with Crippen LogP contribution in [0.5, 0.6) is 0 Å². The van der Waals surface area contributed by atoms with Gasteiger partial charge in [-0.15, -0.1) is 0 Å². The topological polar surface area (TPSA) is 69.9 Å². The molecule has 0 bridgehead atoms. The number of carbonyl (C=O) groups excluding carboxylic acids is 2. The third-order valence-electron chi connectivity index (χ3n) is 7.63. The maximum atomic E-state index is 13.8. The second kappa shape index (κ2) is 8.82. The Labute approximate surface area is 196 Å². The number of anilines is 1. The van der Waals surface area contributed by atoms with Crippen molar-refractivity contribution in [2.75, 3.05) is 44.7 Å². The number of nitrogens with two attached hydrogens (primary N) is 1. The maximum absolute atomic E-state index is 13.8. The van der Waals surface area contributed by atoms with E-state index in [2.05, 4.69) is 48.0 Å². The minimum absolute atomic E-state index is 0.0371. The summed E-state index contributed by atoms with van der Waals surface area (Å²) >= 11 is 0. The van der Waals surface area contributed by atoms with Crippen molar-refractivity contribution in [3.8, 4) is 0 Å². The number of hydrogen-bond donors (Lipinski definition) is 1. The van der Waals surface area contributed by atoms with Crippen LogP contribution < -0.4 is 10.6 Å². The molecule has 2 amide bonds. The third kappa shape index (κ3) is 4.36. The Morgan fingerprint density at radius 3 is 2.45 bits per heavy atom. The van der Waals surface area contributed by atoms with Gasteiger partial charge in [0.2, 0.25) is 5.91 Å². The molecule has 4 atom stereocenters. The number of rotatable bonds is 5. The van der Waals surface area contributed by atoms with Crippen LogP contribution >= 0.6 is 0 Å². The predicted molar refractivity (Wildman–Crippen MR) is 130 cm³/mol. The van der Waals surface area contributed by atoms with Crippen LogP contribution in [0.2, 0.25) is 0 Å². The van der Waals surface area contributed by atoms with E-state index in [0.29, 0.717) is 12.5 Å². The van der Waals surface area contributed by atoms with Gasteiger partial charge in [-0.2, -0.15) is 0 Å². The minimum atomic E-state index is -0.218. The summed E-state index contributed by atoms with van der Waals surface area (Å²) in [5.41, 5.74) is 9.78. The molecule has 2 heterocycles. The summed E-state index contributed by atoms with van der Waals surface area (Å²) in [5.74, 6) is 0.593. The first-order valence-corrected chi connectivity index (χ1v) is 12.1. The second-order valence-corrected chi connectivity index (χ2v) is 10.2. The molecule has 5 rings (SSSR count). The predicted octanol–water partition coefficient (Wildman–Crippen LogP) is 3.25. The molecule has 2 aliphatic heterocycles. The Kier molecular flexibility index (Phi) is 5.87. The van der Waals surface area contributed by atoms with E-state index in [9.17, 15) is 9.59 Å². The molecule has 0 radical (unpaired) electrons. The van der Waals surface area contributed by atoms with Crippen molar-refractivity contribution in [2.45, 2.75) is 31.7 Å². The van der Waals surface area contributed by atoms with Gasteiger partial charge in [0.1, 0.15) is 0 Å². The maximum Gasteiger partial charge on any atom is 0.254 e. The van der Waals surface area contributed by atoms with Crippen LogP contribution in [0.15, 0.2) is 48.5 Å². The third-order valence-corrected chi connectivity index (χ3v) is 7.63. The van der Waals surface area contributed by atoms with Crippen molar-refractivity contribution in [3.05, 3.63) is 65.2 Å². The molecule has 2 saturated heterocycles. The average molecular weight is 447 g/mol. The lowest BCUT2D eigenvalue weighted by molar-refractivity contribution is -0.119. The molecule has 2 N–H and O–H groups in total. The summed E-state index contributed by atoms with van der Waals surface area (Å²) in [6, 6.07) is 16.5. The first-order valence-electron chi connectivity index (χ1n) is 12.1. The molecule has 1 aliphatic carbocycles. The molecular formula is C27H34N4O2. The van der Waals surface area contributed by atoms with Crippen molar-refractivity contribution in [1.82, 2.24) is 9.80 Å². The zero-order valence-electron chi connectivity index (χ0n) is 19.6. The fourth-order valence-corrected chi connectivity index (χ4v) is 5.56. The number of benzene rings is 2. The SMILES string of the molecule is CC1CCN(c2cc(C(=O)N3CCN(C)CC3c3ccccc3)ccc2C2CC2C(N)=O)C1. The highest BCUT2D eigenvalue weighted by Crippen LogP contribution is 2.51. The molecule has 174 valence electrons. The Morgan fingerprint density at radius 1 is 1.00 bits per heavy atom. The van der Waals surface area contributed by atoms with Crippen LogP contribution in [0.4, 0.5) is 5.69 Å². The van der Waals surface area contributed by atoms with Crippen molar-refractivity contribution < 1.29 is 9.59 Å². The first-order chi connectivity index (χ1) is 15.9. The van der Waals surface area contributed by atoms with Gasteiger partial charge in [0.05, 0.1) is 6.04 Å². The van der Waals surface area contributed by atoms with Crippen molar-refractivity contribution in [2.24, 2.45) is 17.6 Å². The Morgan fingerprint density at radius 2 is 1.79 bits per heavy atom. The molecule has 6 nitrogen and oxygen atoms in total. The lowest BCUT2D eigenvalue weighted by Gasteiger charge is -2.40. The van der Waals surface area contributed by atoms with Crippen molar-refractivity contribution >= 4 is 17.5 Å². The molecule has 2 aromatic rings. The molecule has 0 aromatic heterocycles. The van der Waals surface area contributed by atoms with E-state index in [1.165, 1.54) is 11.1 Å². The summed E-state index contributed by atoms with van der Waals surface area (Å²) < 4.78 is 0. The van der Waals surface area contributed by atoms with E-state index >= 15 is 0 Å². The van der Waals surface area contributed by atoms with Crippen LogP contribution in [-0.2, 0) is 4.79 Å². The molecule has 1 saturated carbocycles. The fraction of sp³-hybridized carbons (Fsp3) is 0.481. The van der Waals surface area contributed by atoms with Crippen LogP contribution in [0.1, 0.15) is 53.2 Å². The Bertz CT molecular complexity index is 1040. The van der Waals surface area contributed by atoms with Gasteiger partial charge in [0.15, 0.2) is 0 Å². The van der Waals surface area contributed by atoms with Gasteiger partial charge in [-0.25, -0.2) is 0 Å². The average Bonchev–Trinajstić information content (AvgIpc) is 3.52. The highest BCUT2D eigenvalue weighted by Gasteiger charge is 2.44. The number of likely N-dealkylation sites (N-methyl/N-ethyl adjacent to an activating group) is 1. The number of hydrogen-bond acceptors (Lipinski definition) is 4. The van der Waals surface area contributed by atoms with E-state index in [1.54, 1.807) is 0 Å². The normalized spacial score (nSPS) is 27.6. The zero-order valence-corrected chi connectivity index (χ0v) is 19.6. The van der Waals surface area contributed by atoms with Gasteiger partial charge in [-0.05, 0) is 55.0 Å². The Balaban J connectivity index is 1.47. The largest absolute Gasteiger partial charge is 0.371 e. The highest BCUT2D eigenvalue weighted by atomic mass is 16.2. The molecule has 3 aliphatic rings. The number of carbonyl (C=O) groups is 2. The quantitative estimate of drug-likeness (QED) is 0.766. The molecular weight excluding hydrogens is 412 g/mol. The van der Waals surface area contributed by atoms with E-state index in [1.807, 2.05) is 29.2 Å². The number of primary amides is 1. The standard InChI is InChI=1S/C27H34N4O2/c1-18-10-11-30(16-18)24-14-20(8-9-21(24)22-15-23(22)26(28)32)27(33)31-13-12-29(2)17-25(31)19-6-4-3-5-7-19/h3-9,14,18,22-23,25H,10-13,15-17H2,1-2H3,(H2,28,32). The number of piperazine rings is 1. The van der Waals surface area contributed by atoms with Gasteiger partial charge in [-0.3, -0.25) is 9.59 Å². The van der Waals surface area contributed by atoms with Crippen LogP contribution in [0.25, 0.3) is 0 Å².